The normalized spacial score (nSPS) is 12.9. The van der Waals surface area contributed by atoms with Crippen molar-refractivity contribution >= 4 is 11.6 Å². The van der Waals surface area contributed by atoms with Crippen molar-refractivity contribution in [1.82, 2.24) is 25.2 Å². The lowest BCUT2D eigenvalue weighted by Gasteiger charge is -2.17. The Balaban J connectivity index is 1.63. The molecule has 0 saturated heterocycles. The van der Waals surface area contributed by atoms with Crippen LogP contribution in [0.25, 0.3) is 5.65 Å². The molecule has 0 saturated carbocycles. The number of aliphatic hydroxyl groups excluding tert-OH is 1. The number of benzene rings is 1. The molecular formula is C21H28N6O2. The molecule has 29 heavy (non-hydrogen) atoms. The summed E-state index contributed by atoms with van der Waals surface area (Å²) in [4.78, 5) is 4.56. The van der Waals surface area contributed by atoms with E-state index in [-0.39, 0.29) is 6.10 Å². The lowest BCUT2D eigenvalue weighted by molar-refractivity contribution is 0.179. The summed E-state index contributed by atoms with van der Waals surface area (Å²) in [5.74, 6) is 2.10. The molecule has 0 bridgehead atoms. The lowest BCUT2D eigenvalue weighted by Crippen LogP contribution is -2.39. The number of hydrogen-bond donors (Lipinski definition) is 3. The third-order valence-electron chi connectivity index (χ3n) is 4.18. The molecule has 0 radical (unpaired) electrons. The van der Waals surface area contributed by atoms with Gasteiger partial charge in [0, 0.05) is 19.3 Å². The largest absolute Gasteiger partial charge is 0.491 e. The van der Waals surface area contributed by atoms with Crippen molar-refractivity contribution in [2.24, 2.45) is 4.99 Å². The van der Waals surface area contributed by atoms with Crippen LogP contribution in [0.15, 0.2) is 53.7 Å². The maximum absolute atomic E-state index is 10.6. The van der Waals surface area contributed by atoms with Crippen LogP contribution in [0.5, 0.6) is 5.75 Å². The molecular weight excluding hydrogens is 368 g/mol. The standard InChI is InChI=1S/C21H28N6O2/c1-4-22-21(24-14-20-26-25-19-10-5-6-11-27(19)20)23-13-18(28)16-8-7-9-17(12-16)29-15(2)3/h5-12,15,18,28H,4,13-14H2,1-3H3,(H2,22,23,24). The Morgan fingerprint density at radius 3 is 2.83 bits per heavy atom. The van der Waals surface area contributed by atoms with Gasteiger partial charge in [-0.05, 0) is 50.6 Å². The van der Waals surface area contributed by atoms with Gasteiger partial charge < -0.3 is 20.5 Å². The van der Waals surface area contributed by atoms with Gasteiger partial charge in [0.05, 0.1) is 12.2 Å². The first-order chi connectivity index (χ1) is 14.1. The lowest BCUT2D eigenvalue weighted by atomic mass is 10.1. The summed E-state index contributed by atoms with van der Waals surface area (Å²) < 4.78 is 7.61. The van der Waals surface area contributed by atoms with Crippen LogP contribution < -0.4 is 15.4 Å². The minimum Gasteiger partial charge on any atom is -0.491 e. The Bertz CT molecular complexity index is 953. The number of guanidine groups is 1. The molecule has 0 aliphatic heterocycles. The summed E-state index contributed by atoms with van der Waals surface area (Å²) in [6.07, 6.45) is 1.31. The van der Waals surface area contributed by atoms with E-state index in [0.29, 0.717) is 25.6 Å². The van der Waals surface area contributed by atoms with E-state index in [1.807, 2.05) is 73.8 Å². The highest BCUT2D eigenvalue weighted by Gasteiger charge is 2.11. The van der Waals surface area contributed by atoms with Crippen LogP contribution in [0, 0.1) is 0 Å². The molecule has 3 aromatic rings. The van der Waals surface area contributed by atoms with E-state index < -0.39 is 6.10 Å². The molecule has 2 heterocycles. The number of aromatic nitrogens is 3. The number of fused-ring (bicyclic) bond motifs is 1. The van der Waals surface area contributed by atoms with Gasteiger partial charge in [-0.2, -0.15) is 0 Å². The summed E-state index contributed by atoms with van der Waals surface area (Å²) in [5.41, 5.74) is 1.57. The quantitative estimate of drug-likeness (QED) is 0.399. The monoisotopic (exact) mass is 396 g/mol. The van der Waals surface area contributed by atoms with Crippen molar-refractivity contribution in [2.75, 3.05) is 13.1 Å². The van der Waals surface area contributed by atoms with Crippen molar-refractivity contribution in [1.29, 1.82) is 0 Å². The van der Waals surface area contributed by atoms with Crippen LogP contribution in [-0.2, 0) is 6.54 Å². The molecule has 1 atom stereocenters. The van der Waals surface area contributed by atoms with E-state index >= 15 is 0 Å². The average molecular weight is 396 g/mol. The Morgan fingerprint density at radius 1 is 1.17 bits per heavy atom. The number of hydrogen-bond acceptors (Lipinski definition) is 5. The van der Waals surface area contributed by atoms with Gasteiger partial charge >= 0.3 is 0 Å². The number of ether oxygens (including phenoxy) is 1. The fourth-order valence-electron chi connectivity index (χ4n) is 2.87. The van der Waals surface area contributed by atoms with Crippen molar-refractivity contribution in [2.45, 2.75) is 39.5 Å². The zero-order valence-corrected chi connectivity index (χ0v) is 17.0. The number of nitrogens with zero attached hydrogens (tertiary/aromatic N) is 4. The fraction of sp³-hybridized carbons (Fsp3) is 0.381. The first-order valence-corrected chi connectivity index (χ1v) is 9.82. The molecule has 3 N–H and O–H groups in total. The zero-order chi connectivity index (χ0) is 20.6. The van der Waals surface area contributed by atoms with Crippen LogP contribution in [0.4, 0.5) is 0 Å². The Labute approximate surface area is 170 Å². The van der Waals surface area contributed by atoms with E-state index in [1.165, 1.54) is 0 Å². The molecule has 0 spiro atoms. The first kappa shape index (κ1) is 20.6. The summed E-state index contributed by atoms with van der Waals surface area (Å²) in [6, 6.07) is 13.3. The third kappa shape index (κ3) is 5.68. The second-order valence-electron chi connectivity index (χ2n) is 6.88. The molecule has 3 rings (SSSR count). The minimum atomic E-state index is -0.691. The SMILES string of the molecule is CCNC(=NCc1nnc2ccccn12)NCC(O)c1cccc(OC(C)C)c1. The molecule has 0 amide bonds. The highest BCUT2D eigenvalue weighted by Crippen LogP contribution is 2.20. The first-order valence-electron chi connectivity index (χ1n) is 9.82. The number of aliphatic hydroxyl groups is 1. The van der Waals surface area contributed by atoms with Gasteiger partial charge in [0.15, 0.2) is 17.4 Å². The summed E-state index contributed by atoms with van der Waals surface area (Å²) in [5, 5.41) is 25.3. The Morgan fingerprint density at radius 2 is 2.03 bits per heavy atom. The van der Waals surface area contributed by atoms with Crippen LogP contribution in [0.2, 0.25) is 0 Å². The molecule has 2 aromatic heterocycles. The van der Waals surface area contributed by atoms with Gasteiger partial charge in [-0.1, -0.05) is 18.2 Å². The highest BCUT2D eigenvalue weighted by molar-refractivity contribution is 5.79. The van der Waals surface area contributed by atoms with E-state index in [1.54, 1.807) is 0 Å². The number of pyridine rings is 1. The predicted molar refractivity (Wildman–Crippen MR) is 113 cm³/mol. The van der Waals surface area contributed by atoms with Gasteiger partial charge in [-0.3, -0.25) is 4.40 Å². The maximum atomic E-state index is 10.6. The third-order valence-corrected chi connectivity index (χ3v) is 4.18. The summed E-state index contributed by atoms with van der Waals surface area (Å²) in [6.45, 7) is 7.34. The molecule has 154 valence electrons. The van der Waals surface area contributed by atoms with Gasteiger partial charge in [0.1, 0.15) is 12.3 Å². The second-order valence-corrected chi connectivity index (χ2v) is 6.88. The van der Waals surface area contributed by atoms with Crippen LogP contribution in [0.3, 0.4) is 0 Å². The molecule has 1 aromatic carbocycles. The van der Waals surface area contributed by atoms with Gasteiger partial charge in [-0.15, -0.1) is 10.2 Å². The van der Waals surface area contributed by atoms with E-state index in [9.17, 15) is 5.11 Å². The van der Waals surface area contributed by atoms with Crippen molar-refractivity contribution < 1.29 is 9.84 Å². The van der Waals surface area contributed by atoms with E-state index in [2.05, 4.69) is 25.8 Å². The van der Waals surface area contributed by atoms with Crippen molar-refractivity contribution in [3.05, 3.63) is 60.0 Å². The smallest absolute Gasteiger partial charge is 0.191 e. The summed E-state index contributed by atoms with van der Waals surface area (Å²) in [7, 11) is 0. The van der Waals surface area contributed by atoms with Gasteiger partial charge in [0.2, 0.25) is 0 Å². The van der Waals surface area contributed by atoms with Gasteiger partial charge in [0.25, 0.3) is 0 Å². The van der Waals surface area contributed by atoms with E-state index in [0.717, 1.165) is 22.8 Å². The topological polar surface area (TPSA) is 96.1 Å². The zero-order valence-electron chi connectivity index (χ0n) is 17.0. The molecule has 0 aliphatic rings. The average Bonchev–Trinajstić information content (AvgIpc) is 3.13. The van der Waals surface area contributed by atoms with Crippen molar-refractivity contribution in [3.63, 3.8) is 0 Å². The molecule has 8 heteroatoms. The minimum absolute atomic E-state index is 0.0845. The van der Waals surface area contributed by atoms with E-state index in [4.69, 9.17) is 4.74 Å². The number of aliphatic imine (C=N–C) groups is 1. The summed E-state index contributed by atoms with van der Waals surface area (Å²) >= 11 is 0. The molecule has 8 nitrogen and oxygen atoms in total. The number of rotatable bonds is 8. The molecule has 1 unspecified atom stereocenters. The second kappa shape index (κ2) is 9.88. The van der Waals surface area contributed by atoms with Gasteiger partial charge in [-0.25, -0.2) is 4.99 Å². The Hall–Kier alpha value is -3.13. The molecule has 0 aliphatic carbocycles. The fourth-order valence-corrected chi connectivity index (χ4v) is 2.87. The maximum Gasteiger partial charge on any atom is 0.191 e. The van der Waals surface area contributed by atoms with Crippen LogP contribution in [0.1, 0.15) is 38.3 Å². The van der Waals surface area contributed by atoms with Crippen LogP contribution >= 0.6 is 0 Å². The van der Waals surface area contributed by atoms with Crippen LogP contribution in [-0.4, -0.2) is 44.9 Å². The number of nitrogens with one attached hydrogen (secondary N) is 2. The molecule has 0 fully saturated rings. The predicted octanol–water partition coefficient (Wildman–Crippen LogP) is 2.31. The Kier molecular flexibility index (Phi) is 7.02. The van der Waals surface area contributed by atoms with Crippen molar-refractivity contribution in [3.8, 4) is 5.75 Å². The highest BCUT2D eigenvalue weighted by atomic mass is 16.5.